The second-order valence-electron chi connectivity index (χ2n) is 7.51. The molecule has 1 aliphatic rings. The summed E-state index contributed by atoms with van der Waals surface area (Å²) in [4.78, 5) is 21.1. The lowest BCUT2D eigenvalue weighted by Crippen LogP contribution is -2.57. The van der Waals surface area contributed by atoms with E-state index in [-0.39, 0.29) is 12.5 Å². The van der Waals surface area contributed by atoms with Gasteiger partial charge in [0, 0.05) is 37.9 Å². The third kappa shape index (κ3) is 4.86. The summed E-state index contributed by atoms with van der Waals surface area (Å²) in [5.74, 6) is 0.991. The van der Waals surface area contributed by atoms with Crippen molar-refractivity contribution >= 4 is 5.91 Å². The van der Waals surface area contributed by atoms with E-state index in [1.165, 1.54) is 0 Å². The van der Waals surface area contributed by atoms with Crippen LogP contribution in [0.1, 0.15) is 24.1 Å². The molecule has 1 N–H and O–H groups in total. The Morgan fingerprint density at radius 3 is 2.72 bits per heavy atom. The Hall–Kier alpha value is -2.64. The maximum atomic E-state index is 13.2. The number of aliphatic hydroxyl groups is 1. The fourth-order valence-electron chi connectivity index (χ4n) is 3.92. The molecular formula is C22H29N3O4. The van der Waals surface area contributed by atoms with Gasteiger partial charge in [-0.05, 0) is 38.1 Å². The van der Waals surface area contributed by atoms with Crippen LogP contribution in [0, 0.1) is 0 Å². The number of carbonyl (C=O) groups is 1. The van der Waals surface area contributed by atoms with Gasteiger partial charge in [0.2, 0.25) is 0 Å². The molecule has 0 aliphatic carbocycles. The zero-order valence-electron chi connectivity index (χ0n) is 17.3. The van der Waals surface area contributed by atoms with Gasteiger partial charge in [-0.3, -0.25) is 14.7 Å². The summed E-state index contributed by atoms with van der Waals surface area (Å²) in [7, 11) is 5.07. The number of pyridine rings is 1. The van der Waals surface area contributed by atoms with E-state index in [0.717, 1.165) is 17.7 Å². The topological polar surface area (TPSA) is 75.1 Å². The summed E-state index contributed by atoms with van der Waals surface area (Å²) in [6.07, 6.45) is 2.93. The fourth-order valence-corrected chi connectivity index (χ4v) is 3.92. The number of hydrogen-bond acceptors (Lipinski definition) is 6. The Morgan fingerprint density at radius 1 is 1.21 bits per heavy atom. The lowest BCUT2D eigenvalue weighted by molar-refractivity contribution is -0.160. The number of rotatable bonds is 8. The van der Waals surface area contributed by atoms with Crippen molar-refractivity contribution in [2.75, 3.05) is 34.4 Å². The SMILES string of the molecule is COc1cccc(CN2CCCC(O)(CN(C)Cc3ccccn3)C2=O)c1OC. The number of likely N-dealkylation sites (N-methyl/N-ethyl adjacent to an activating group) is 1. The van der Waals surface area contributed by atoms with Gasteiger partial charge >= 0.3 is 0 Å². The predicted molar refractivity (Wildman–Crippen MR) is 110 cm³/mol. The minimum atomic E-state index is -1.41. The predicted octanol–water partition coefficient (Wildman–Crippen LogP) is 2.08. The zero-order chi connectivity index (χ0) is 20.9. The first-order valence-corrected chi connectivity index (χ1v) is 9.77. The lowest BCUT2D eigenvalue weighted by Gasteiger charge is -2.40. The van der Waals surface area contributed by atoms with Crippen LogP contribution in [0.15, 0.2) is 42.6 Å². The summed E-state index contributed by atoms with van der Waals surface area (Å²) in [6.45, 7) is 1.80. The minimum absolute atomic E-state index is 0.249. The van der Waals surface area contributed by atoms with E-state index in [9.17, 15) is 9.90 Å². The number of benzene rings is 1. The highest BCUT2D eigenvalue weighted by molar-refractivity contribution is 5.86. The van der Waals surface area contributed by atoms with Crippen LogP contribution in [-0.2, 0) is 17.9 Å². The molecule has 1 aromatic heterocycles. The molecule has 0 spiro atoms. The highest BCUT2D eigenvalue weighted by Gasteiger charge is 2.43. The molecule has 0 bridgehead atoms. The first-order valence-electron chi connectivity index (χ1n) is 9.77. The van der Waals surface area contributed by atoms with Crippen LogP contribution in [0.2, 0.25) is 0 Å². The van der Waals surface area contributed by atoms with Gasteiger partial charge in [0.25, 0.3) is 5.91 Å². The molecule has 0 radical (unpaired) electrons. The molecule has 156 valence electrons. The van der Waals surface area contributed by atoms with Gasteiger partial charge in [0.05, 0.1) is 19.9 Å². The number of amides is 1. The summed E-state index contributed by atoms with van der Waals surface area (Å²) >= 11 is 0. The minimum Gasteiger partial charge on any atom is -0.493 e. The Morgan fingerprint density at radius 2 is 2.03 bits per heavy atom. The van der Waals surface area contributed by atoms with Crippen molar-refractivity contribution in [1.82, 2.24) is 14.8 Å². The molecule has 1 unspecified atom stereocenters. The largest absolute Gasteiger partial charge is 0.493 e. The normalized spacial score (nSPS) is 19.5. The third-order valence-electron chi connectivity index (χ3n) is 5.24. The average molecular weight is 399 g/mol. The lowest BCUT2D eigenvalue weighted by atomic mass is 9.90. The molecule has 29 heavy (non-hydrogen) atoms. The quantitative estimate of drug-likeness (QED) is 0.733. The zero-order valence-corrected chi connectivity index (χ0v) is 17.3. The van der Waals surface area contributed by atoms with Crippen LogP contribution in [0.5, 0.6) is 11.5 Å². The molecule has 1 aliphatic heterocycles. The first kappa shape index (κ1) is 21.1. The van der Waals surface area contributed by atoms with E-state index in [1.54, 1.807) is 25.3 Å². The highest BCUT2D eigenvalue weighted by Crippen LogP contribution is 2.33. The van der Waals surface area contributed by atoms with Crippen molar-refractivity contribution < 1.29 is 19.4 Å². The van der Waals surface area contributed by atoms with Gasteiger partial charge in [-0.25, -0.2) is 0 Å². The molecule has 2 aromatic rings. The van der Waals surface area contributed by atoms with Crippen molar-refractivity contribution in [2.24, 2.45) is 0 Å². The van der Waals surface area contributed by atoms with Crippen molar-refractivity contribution in [1.29, 1.82) is 0 Å². The van der Waals surface area contributed by atoms with Crippen molar-refractivity contribution in [3.8, 4) is 11.5 Å². The van der Waals surface area contributed by atoms with Gasteiger partial charge in [0.15, 0.2) is 17.1 Å². The Bertz CT molecular complexity index is 830. The molecule has 7 nitrogen and oxygen atoms in total. The number of ether oxygens (including phenoxy) is 2. The molecule has 1 amide bonds. The van der Waals surface area contributed by atoms with Gasteiger partial charge in [-0.2, -0.15) is 0 Å². The smallest absolute Gasteiger partial charge is 0.256 e. The molecule has 1 saturated heterocycles. The van der Waals surface area contributed by atoms with Crippen LogP contribution in [0.25, 0.3) is 0 Å². The molecule has 0 saturated carbocycles. The first-order chi connectivity index (χ1) is 14.0. The maximum absolute atomic E-state index is 13.2. The Balaban J connectivity index is 1.71. The van der Waals surface area contributed by atoms with Crippen LogP contribution in [-0.4, -0.2) is 65.8 Å². The van der Waals surface area contributed by atoms with E-state index >= 15 is 0 Å². The van der Waals surface area contributed by atoms with Crippen LogP contribution in [0.4, 0.5) is 0 Å². The number of para-hydroxylation sites is 1. The molecule has 1 aromatic carbocycles. The number of piperidine rings is 1. The maximum Gasteiger partial charge on any atom is 0.256 e. The van der Waals surface area contributed by atoms with E-state index in [2.05, 4.69) is 4.98 Å². The van der Waals surface area contributed by atoms with Gasteiger partial charge < -0.3 is 19.5 Å². The van der Waals surface area contributed by atoms with Crippen molar-refractivity contribution in [2.45, 2.75) is 31.5 Å². The molecule has 3 rings (SSSR count). The van der Waals surface area contributed by atoms with Gasteiger partial charge in [-0.15, -0.1) is 0 Å². The number of methoxy groups -OCH3 is 2. The number of aromatic nitrogens is 1. The van der Waals surface area contributed by atoms with Crippen molar-refractivity contribution in [3.63, 3.8) is 0 Å². The monoisotopic (exact) mass is 399 g/mol. The van der Waals surface area contributed by atoms with Crippen molar-refractivity contribution in [3.05, 3.63) is 53.9 Å². The third-order valence-corrected chi connectivity index (χ3v) is 5.24. The number of likely N-dealkylation sites (tertiary alicyclic amines) is 1. The summed E-state index contributed by atoms with van der Waals surface area (Å²) < 4.78 is 10.8. The standard InChI is InChI=1S/C22H29N3O4/c1-24(15-18-9-4-5-12-23-18)16-22(27)11-7-13-25(21(22)26)14-17-8-6-10-19(28-2)20(17)29-3/h4-6,8-10,12,27H,7,11,13-16H2,1-3H3. The summed E-state index contributed by atoms with van der Waals surface area (Å²) in [5.41, 5.74) is 0.347. The summed E-state index contributed by atoms with van der Waals surface area (Å²) in [6, 6.07) is 11.3. The average Bonchev–Trinajstić information content (AvgIpc) is 2.72. The highest BCUT2D eigenvalue weighted by atomic mass is 16.5. The Kier molecular flexibility index (Phi) is 6.71. The molecule has 1 atom stereocenters. The van der Waals surface area contributed by atoms with Gasteiger partial charge in [0.1, 0.15) is 0 Å². The number of nitrogens with zero attached hydrogens (tertiary/aromatic N) is 3. The van der Waals surface area contributed by atoms with Crippen LogP contribution < -0.4 is 9.47 Å². The summed E-state index contributed by atoms with van der Waals surface area (Å²) in [5, 5.41) is 11.2. The Labute approximate surface area is 171 Å². The molecule has 7 heteroatoms. The van der Waals surface area contributed by atoms with E-state index in [4.69, 9.17) is 9.47 Å². The van der Waals surface area contributed by atoms with E-state index in [1.807, 2.05) is 48.3 Å². The van der Waals surface area contributed by atoms with E-state index in [0.29, 0.717) is 37.6 Å². The number of hydrogen-bond donors (Lipinski definition) is 1. The van der Waals surface area contributed by atoms with Crippen LogP contribution in [0.3, 0.4) is 0 Å². The fraction of sp³-hybridized carbons (Fsp3) is 0.455. The molecule has 2 heterocycles. The van der Waals surface area contributed by atoms with Crippen LogP contribution >= 0.6 is 0 Å². The van der Waals surface area contributed by atoms with Gasteiger partial charge in [-0.1, -0.05) is 18.2 Å². The van der Waals surface area contributed by atoms with E-state index < -0.39 is 5.60 Å². The molecule has 1 fully saturated rings. The second-order valence-corrected chi connectivity index (χ2v) is 7.51. The second kappa shape index (κ2) is 9.24. The molecular weight excluding hydrogens is 370 g/mol. The number of carbonyl (C=O) groups excluding carboxylic acids is 1.